The number of halogens is 1. The highest BCUT2D eigenvalue weighted by molar-refractivity contribution is 5.81. The summed E-state index contributed by atoms with van der Waals surface area (Å²) in [7, 11) is 0. The molecule has 5 rings (SSSR count). The molecule has 0 aliphatic carbocycles. The minimum Gasteiger partial charge on any atom is -0.465 e. The van der Waals surface area contributed by atoms with Gasteiger partial charge in [-0.3, -0.25) is 4.79 Å². The predicted octanol–water partition coefficient (Wildman–Crippen LogP) is 4.54. The van der Waals surface area contributed by atoms with Gasteiger partial charge in [0, 0.05) is 11.8 Å². The van der Waals surface area contributed by atoms with Crippen LogP contribution in [-0.2, 0) is 22.5 Å². The van der Waals surface area contributed by atoms with Gasteiger partial charge in [0.05, 0.1) is 36.3 Å². The van der Waals surface area contributed by atoms with Crippen LogP contribution in [0.1, 0.15) is 42.4 Å². The SMILES string of the molecule is CCOC(=O)CNC(=O)N1Cc2c(CC)nn(-c3ccccc3)c2-n2cccc2C1c1ccc(F)cc1. The molecule has 4 aromatic rings. The molecule has 2 aromatic heterocycles. The maximum absolute atomic E-state index is 13.9. The molecule has 2 aromatic carbocycles. The number of carbonyl (C=O) groups excluding carboxylic acids is 2. The first kappa shape index (κ1) is 24.3. The van der Waals surface area contributed by atoms with Gasteiger partial charge in [0.2, 0.25) is 0 Å². The number of aryl methyl sites for hydroxylation is 1. The van der Waals surface area contributed by atoms with Crippen molar-refractivity contribution >= 4 is 12.0 Å². The van der Waals surface area contributed by atoms with Crippen molar-refractivity contribution in [2.75, 3.05) is 13.2 Å². The molecule has 1 unspecified atom stereocenters. The maximum atomic E-state index is 13.9. The average Bonchev–Trinajstić information content (AvgIpc) is 3.50. The van der Waals surface area contributed by atoms with E-state index in [4.69, 9.17) is 9.84 Å². The third-order valence-electron chi connectivity index (χ3n) is 6.44. The van der Waals surface area contributed by atoms with Crippen molar-refractivity contribution in [3.8, 4) is 11.5 Å². The number of carbonyl (C=O) groups is 2. The lowest BCUT2D eigenvalue weighted by Gasteiger charge is -2.31. The van der Waals surface area contributed by atoms with Gasteiger partial charge in [-0.05, 0) is 55.3 Å². The zero-order valence-electron chi connectivity index (χ0n) is 20.7. The number of hydrogen-bond acceptors (Lipinski definition) is 4. The van der Waals surface area contributed by atoms with E-state index < -0.39 is 18.0 Å². The summed E-state index contributed by atoms with van der Waals surface area (Å²) in [5.41, 5.74) is 4.23. The second-order valence-electron chi connectivity index (χ2n) is 8.70. The van der Waals surface area contributed by atoms with Crippen molar-refractivity contribution in [2.45, 2.75) is 32.9 Å². The molecule has 1 N–H and O–H groups in total. The molecule has 0 saturated carbocycles. The number of amides is 2. The Morgan fingerprint density at radius 1 is 1.05 bits per heavy atom. The lowest BCUT2D eigenvalue weighted by molar-refractivity contribution is -0.141. The minimum atomic E-state index is -0.542. The van der Waals surface area contributed by atoms with Crippen LogP contribution in [0.2, 0.25) is 0 Å². The number of nitrogens with zero attached hydrogens (tertiary/aromatic N) is 4. The number of rotatable bonds is 6. The Hall–Kier alpha value is -4.40. The Morgan fingerprint density at radius 3 is 2.51 bits per heavy atom. The van der Waals surface area contributed by atoms with Gasteiger partial charge in [-0.15, -0.1) is 0 Å². The summed E-state index contributed by atoms with van der Waals surface area (Å²) in [5.74, 6) is -0.0302. The number of urea groups is 1. The predicted molar refractivity (Wildman–Crippen MR) is 136 cm³/mol. The quantitative estimate of drug-likeness (QED) is 0.393. The number of para-hydroxylation sites is 1. The third kappa shape index (κ3) is 4.60. The Labute approximate surface area is 214 Å². The van der Waals surface area contributed by atoms with Crippen molar-refractivity contribution in [3.63, 3.8) is 0 Å². The van der Waals surface area contributed by atoms with E-state index in [0.717, 1.165) is 34.0 Å². The molecule has 0 fully saturated rings. The molecule has 2 amide bonds. The number of ether oxygens (including phenoxy) is 1. The molecule has 37 heavy (non-hydrogen) atoms. The Balaban J connectivity index is 1.67. The van der Waals surface area contributed by atoms with Crippen LogP contribution in [0.4, 0.5) is 9.18 Å². The molecule has 0 radical (unpaired) electrons. The molecule has 0 bridgehead atoms. The largest absolute Gasteiger partial charge is 0.465 e. The topological polar surface area (TPSA) is 81.4 Å². The summed E-state index contributed by atoms with van der Waals surface area (Å²) in [6, 6.07) is 18.9. The van der Waals surface area contributed by atoms with E-state index in [1.165, 1.54) is 12.1 Å². The number of hydrogen-bond donors (Lipinski definition) is 1. The number of nitrogens with one attached hydrogen (secondary N) is 1. The van der Waals surface area contributed by atoms with Crippen LogP contribution >= 0.6 is 0 Å². The molecule has 0 saturated heterocycles. The minimum absolute atomic E-state index is 0.228. The summed E-state index contributed by atoms with van der Waals surface area (Å²) in [5, 5.41) is 7.62. The first-order valence-corrected chi connectivity index (χ1v) is 12.3. The van der Waals surface area contributed by atoms with Gasteiger partial charge >= 0.3 is 12.0 Å². The Kier molecular flexibility index (Phi) is 6.76. The highest BCUT2D eigenvalue weighted by Gasteiger charge is 2.36. The van der Waals surface area contributed by atoms with Gasteiger partial charge in [-0.2, -0.15) is 5.10 Å². The van der Waals surface area contributed by atoms with Gasteiger partial charge in [0.1, 0.15) is 18.2 Å². The van der Waals surface area contributed by atoms with E-state index in [2.05, 4.69) is 5.32 Å². The van der Waals surface area contributed by atoms with E-state index in [0.29, 0.717) is 6.42 Å². The summed E-state index contributed by atoms with van der Waals surface area (Å²) in [6.07, 6.45) is 2.61. The summed E-state index contributed by atoms with van der Waals surface area (Å²) < 4.78 is 22.8. The lowest BCUT2D eigenvalue weighted by atomic mass is 10.0. The molecule has 1 atom stereocenters. The zero-order valence-corrected chi connectivity index (χ0v) is 20.7. The van der Waals surface area contributed by atoms with Crippen molar-refractivity contribution in [2.24, 2.45) is 0 Å². The molecule has 190 valence electrons. The monoisotopic (exact) mass is 501 g/mol. The van der Waals surface area contributed by atoms with Crippen LogP contribution in [0.5, 0.6) is 0 Å². The maximum Gasteiger partial charge on any atom is 0.325 e. The van der Waals surface area contributed by atoms with Crippen LogP contribution < -0.4 is 5.32 Å². The number of benzene rings is 2. The van der Waals surface area contributed by atoms with Crippen molar-refractivity contribution in [1.82, 2.24) is 24.6 Å². The van der Waals surface area contributed by atoms with Gasteiger partial charge in [0.15, 0.2) is 0 Å². The van der Waals surface area contributed by atoms with Gasteiger partial charge in [0.25, 0.3) is 0 Å². The van der Waals surface area contributed by atoms with Crippen molar-refractivity contribution < 1.29 is 18.7 Å². The molecular formula is C28H28FN5O3. The average molecular weight is 502 g/mol. The van der Waals surface area contributed by atoms with E-state index >= 15 is 0 Å². The fourth-order valence-electron chi connectivity index (χ4n) is 4.81. The van der Waals surface area contributed by atoms with E-state index in [-0.39, 0.29) is 25.5 Å². The number of esters is 1. The number of aromatic nitrogens is 3. The Bertz CT molecular complexity index is 1410. The van der Waals surface area contributed by atoms with Crippen molar-refractivity contribution in [3.05, 3.63) is 101 Å². The molecule has 3 heterocycles. The summed E-state index contributed by atoms with van der Waals surface area (Å²) in [6.45, 7) is 3.96. The lowest BCUT2D eigenvalue weighted by Crippen LogP contribution is -2.44. The molecule has 0 spiro atoms. The van der Waals surface area contributed by atoms with Crippen LogP contribution in [0.3, 0.4) is 0 Å². The first-order chi connectivity index (χ1) is 18.0. The van der Waals surface area contributed by atoms with Crippen LogP contribution in [-0.4, -0.2) is 44.4 Å². The van der Waals surface area contributed by atoms with Crippen LogP contribution in [0.25, 0.3) is 11.5 Å². The van der Waals surface area contributed by atoms with Gasteiger partial charge < -0.3 is 19.5 Å². The fraction of sp³-hybridized carbons (Fsp3) is 0.250. The third-order valence-corrected chi connectivity index (χ3v) is 6.44. The Morgan fingerprint density at radius 2 is 1.81 bits per heavy atom. The highest BCUT2D eigenvalue weighted by atomic mass is 19.1. The summed E-state index contributed by atoms with van der Waals surface area (Å²) >= 11 is 0. The van der Waals surface area contributed by atoms with Crippen molar-refractivity contribution in [1.29, 1.82) is 0 Å². The van der Waals surface area contributed by atoms with E-state index in [9.17, 15) is 14.0 Å². The van der Waals surface area contributed by atoms with E-state index in [1.54, 1.807) is 24.0 Å². The zero-order chi connectivity index (χ0) is 25.9. The standard InChI is InChI=1S/C28H28FN5O3/c1-3-23-22-18-33(28(36)30-17-25(35)37-4-2)26(19-12-14-20(29)15-13-19)24-11-8-16-32(24)27(22)34(31-23)21-9-6-5-7-10-21/h5-16,26H,3-4,17-18H2,1-2H3,(H,30,36). The van der Waals surface area contributed by atoms with Gasteiger partial charge in [-0.1, -0.05) is 37.3 Å². The normalized spacial score (nSPS) is 14.5. The second kappa shape index (κ2) is 10.3. The first-order valence-electron chi connectivity index (χ1n) is 12.3. The number of fused-ring (bicyclic) bond motifs is 3. The van der Waals surface area contributed by atoms with E-state index in [1.807, 2.05) is 64.8 Å². The summed E-state index contributed by atoms with van der Waals surface area (Å²) in [4.78, 5) is 27.3. The second-order valence-corrected chi connectivity index (χ2v) is 8.70. The molecular weight excluding hydrogens is 473 g/mol. The molecule has 8 nitrogen and oxygen atoms in total. The van der Waals surface area contributed by atoms with Gasteiger partial charge in [-0.25, -0.2) is 13.9 Å². The fourth-order valence-corrected chi connectivity index (χ4v) is 4.81. The molecule has 9 heteroatoms. The smallest absolute Gasteiger partial charge is 0.325 e. The van der Waals surface area contributed by atoms with Crippen LogP contribution in [0.15, 0.2) is 72.9 Å². The highest BCUT2D eigenvalue weighted by Crippen LogP contribution is 2.38. The van der Waals surface area contributed by atoms with Crippen LogP contribution in [0, 0.1) is 5.82 Å². The molecule has 1 aliphatic rings. The molecule has 1 aliphatic heterocycles.